The topological polar surface area (TPSA) is 65.1 Å². The number of piperazine rings is 1. The van der Waals surface area contributed by atoms with Crippen molar-refractivity contribution in [3.63, 3.8) is 0 Å². The fraction of sp³-hybridized carbons (Fsp3) is 0.684. The van der Waals surface area contributed by atoms with Crippen LogP contribution in [0.4, 0.5) is 5.69 Å². The number of para-hydroxylation sites is 1. The molecule has 0 aliphatic carbocycles. The summed E-state index contributed by atoms with van der Waals surface area (Å²) in [6, 6.07) is 10.5. The SMILES string of the molecule is C[C@@H]1CN(S(=O)(=O)NCCCN2CCN(c3ccccc3)CC2)C[C@H](C)O1. The molecule has 27 heavy (non-hydrogen) atoms. The normalized spacial score (nSPS) is 25.6. The maximum absolute atomic E-state index is 12.5. The first kappa shape index (κ1) is 20.5. The number of hydrogen-bond acceptors (Lipinski definition) is 5. The van der Waals surface area contributed by atoms with Crippen LogP contribution in [-0.4, -0.2) is 82.2 Å². The third kappa shape index (κ3) is 5.89. The molecule has 1 aromatic carbocycles. The molecule has 0 aromatic heterocycles. The number of ether oxygens (including phenoxy) is 1. The highest BCUT2D eigenvalue weighted by atomic mass is 32.2. The standard InChI is InChI=1S/C19H32N4O3S/c1-17-15-23(16-18(2)26-17)27(24,25)20-9-6-10-21-11-13-22(14-12-21)19-7-4-3-5-8-19/h3-5,7-8,17-18,20H,6,9-16H2,1-2H3/t17-,18+. The van der Waals surface area contributed by atoms with Gasteiger partial charge in [0.1, 0.15) is 0 Å². The van der Waals surface area contributed by atoms with E-state index >= 15 is 0 Å². The van der Waals surface area contributed by atoms with E-state index in [0.29, 0.717) is 19.6 Å². The van der Waals surface area contributed by atoms with E-state index in [0.717, 1.165) is 39.1 Å². The van der Waals surface area contributed by atoms with E-state index in [-0.39, 0.29) is 12.2 Å². The second kappa shape index (κ2) is 9.34. The molecule has 7 nitrogen and oxygen atoms in total. The summed E-state index contributed by atoms with van der Waals surface area (Å²) in [4.78, 5) is 4.81. The highest BCUT2D eigenvalue weighted by Crippen LogP contribution is 2.16. The van der Waals surface area contributed by atoms with Crippen molar-refractivity contribution < 1.29 is 13.2 Å². The molecular weight excluding hydrogens is 364 g/mol. The largest absolute Gasteiger partial charge is 0.373 e. The molecule has 2 aliphatic heterocycles. The van der Waals surface area contributed by atoms with E-state index in [2.05, 4.69) is 38.8 Å². The van der Waals surface area contributed by atoms with Gasteiger partial charge in [0.15, 0.2) is 0 Å². The molecule has 2 heterocycles. The molecule has 1 aromatic rings. The van der Waals surface area contributed by atoms with E-state index in [1.54, 1.807) is 0 Å². The Labute approximate surface area is 163 Å². The van der Waals surface area contributed by atoms with Gasteiger partial charge in [-0.05, 0) is 38.9 Å². The molecule has 3 rings (SSSR count). The van der Waals surface area contributed by atoms with E-state index in [1.165, 1.54) is 9.99 Å². The van der Waals surface area contributed by atoms with Gasteiger partial charge in [-0.25, -0.2) is 4.72 Å². The third-order valence-electron chi connectivity index (χ3n) is 5.16. The van der Waals surface area contributed by atoms with Gasteiger partial charge in [0.05, 0.1) is 12.2 Å². The summed E-state index contributed by atoms with van der Waals surface area (Å²) in [7, 11) is -3.42. The molecule has 152 valence electrons. The number of morpholine rings is 1. The van der Waals surface area contributed by atoms with Crippen LogP contribution in [0.5, 0.6) is 0 Å². The minimum Gasteiger partial charge on any atom is -0.373 e. The zero-order valence-corrected chi connectivity index (χ0v) is 17.2. The van der Waals surface area contributed by atoms with E-state index in [4.69, 9.17) is 4.74 Å². The van der Waals surface area contributed by atoms with Crippen LogP contribution in [0, 0.1) is 0 Å². The number of benzene rings is 1. The lowest BCUT2D eigenvalue weighted by Gasteiger charge is -2.36. The van der Waals surface area contributed by atoms with Gasteiger partial charge >= 0.3 is 0 Å². The Bertz CT molecular complexity index is 667. The van der Waals surface area contributed by atoms with Gasteiger partial charge in [-0.3, -0.25) is 4.90 Å². The van der Waals surface area contributed by atoms with Gasteiger partial charge < -0.3 is 9.64 Å². The minimum atomic E-state index is -3.42. The minimum absolute atomic E-state index is 0.0637. The second-order valence-corrected chi connectivity index (χ2v) is 9.25. The molecule has 0 unspecified atom stereocenters. The first-order chi connectivity index (χ1) is 12.9. The fourth-order valence-electron chi connectivity index (χ4n) is 3.79. The van der Waals surface area contributed by atoms with E-state index in [1.807, 2.05) is 19.9 Å². The molecule has 0 saturated carbocycles. The molecule has 0 amide bonds. The molecule has 2 saturated heterocycles. The first-order valence-corrected chi connectivity index (χ1v) is 11.3. The summed E-state index contributed by atoms with van der Waals surface area (Å²) in [6.07, 6.45) is 0.692. The van der Waals surface area contributed by atoms with Crippen LogP contribution in [0.1, 0.15) is 20.3 Å². The van der Waals surface area contributed by atoms with Gasteiger partial charge in [-0.1, -0.05) is 18.2 Å². The van der Waals surface area contributed by atoms with Crippen LogP contribution in [0.15, 0.2) is 30.3 Å². The Kier molecular flexibility index (Phi) is 7.10. The predicted molar refractivity (Wildman–Crippen MR) is 108 cm³/mol. The number of rotatable bonds is 7. The Morgan fingerprint density at radius 2 is 1.67 bits per heavy atom. The molecule has 8 heteroatoms. The average Bonchev–Trinajstić information content (AvgIpc) is 2.66. The van der Waals surface area contributed by atoms with Gasteiger partial charge in [-0.2, -0.15) is 12.7 Å². The van der Waals surface area contributed by atoms with E-state index < -0.39 is 10.2 Å². The van der Waals surface area contributed by atoms with Crippen molar-refractivity contribution >= 4 is 15.9 Å². The van der Waals surface area contributed by atoms with Crippen molar-refractivity contribution in [1.82, 2.24) is 13.9 Å². The molecule has 2 atom stereocenters. The quantitative estimate of drug-likeness (QED) is 0.701. The zero-order valence-electron chi connectivity index (χ0n) is 16.4. The van der Waals surface area contributed by atoms with Crippen LogP contribution in [0.2, 0.25) is 0 Å². The number of nitrogens with one attached hydrogen (secondary N) is 1. The molecule has 0 bridgehead atoms. The predicted octanol–water partition coefficient (Wildman–Crippen LogP) is 1.14. The van der Waals surface area contributed by atoms with Gasteiger partial charge in [0.2, 0.25) is 0 Å². The van der Waals surface area contributed by atoms with Crippen molar-refractivity contribution in [1.29, 1.82) is 0 Å². The number of nitrogens with zero attached hydrogens (tertiary/aromatic N) is 3. The maximum Gasteiger partial charge on any atom is 0.279 e. The molecule has 2 fully saturated rings. The highest BCUT2D eigenvalue weighted by Gasteiger charge is 2.30. The third-order valence-corrected chi connectivity index (χ3v) is 6.70. The van der Waals surface area contributed by atoms with Crippen molar-refractivity contribution in [2.45, 2.75) is 32.5 Å². The Morgan fingerprint density at radius 1 is 1.04 bits per heavy atom. The van der Waals surface area contributed by atoms with Crippen molar-refractivity contribution in [3.8, 4) is 0 Å². The average molecular weight is 397 g/mol. The first-order valence-electron chi connectivity index (χ1n) is 9.86. The summed E-state index contributed by atoms with van der Waals surface area (Å²) in [5.41, 5.74) is 1.28. The van der Waals surface area contributed by atoms with Crippen LogP contribution in [-0.2, 0) is 14.9 Å². The number of anilines is 1. The lowest BCUT2D eigenvalue weighted by Crippen LogP contribution is -2.52. The lowest BCUT2D eigenvalue weighted by molar-refractivity contribution is -0.0443. The Morgan fingerprint density at radius 3 is 2.30 bits per heavy atom. The van der Waals surface area contributed by atoms with Gasteiger partial charge in [-0.15, -0.1) is 0 Å². The highest BCUT2D eigenvalue weighted by molar-refractivity contribution is 7.87. The lowest BCUT2D eigenvalue weighted by atomic mass is 10.2. The van der Waals surface area contributed by atoms with Crippen LogP contribution in [0.25, 0.3) is 0 Å². The van der Waals surface area contributed by atoms with Crippen LogP contribution >= 0.6 is 0 Å². The monoisotopic (exact) mass is 396 g/mol. The van der Waals surface area contributed by atoms with Crippen LogP contribution in [0.3, 0.4) is 0 Å². The summed E-state index contributed by atoms with van der Waals surface area (Å²) >= 11 is 0. The zero-order chi connectivity index (χ0) is 19.3. The summed E-state index contributed by atoms with van der Waals surface area (Å²) in [6.45, 7) is 10.1. The van der Waals surface area contributed by atoms with Crippen LogP contribution < -0.4 is 9.62 Å². The van der Waals surface area contributed by atoms with Crippen molar-refractivity contribution in [3.05, 3.63) is 30.3 Å². The second-order valence-electron chi connectivity index (χ2n) is 7.49. The molecule has 0 radical (unpaired) electrons. The maximum atomic E-state index is 12.5. The van der Waals surface area contributed by atoms with Crippen molar-refractivity contribution in [2.75, 3.05) is 57.3 Å². The van der Waals surface area contributed by atoms with Crippen molar-refractivity contribution in [2.24, 2.45) is 0 Å². The molecular formula is C19H32N4O3S. The summed E-state index contributed by atoms with van der Waals surface area (Å²) in [5, 5.41) is 0. The smallest absolute Gasteiger partial charge is 0.279 e. The summed E-state index contributed by atoms with van der Waals surface area (Å²) < 4.78 is 34.8. The Hall–Kier alpha value is -1.19. The number of hydrogen-bond donors (Lipinski definition) is 1. The molecule has 0 spiro atoms. The van der Waals surface area contributed by atoms with E-state index in [9.17, 15) is 8.42 Å². The Balaban J connectivity index is 1.36. The molecule has 1 N–H and O–H groups in total. The van der Waals surface area contributed by atoms with Gasteiger partial charge in [0.25, 0.3) is 10.2 Å². The fourth-order valence-corrected chi connectivity index (χ4v) is 5.19. The van der Waals surface area contributed by atoms with Gasteiger partial charge in [0, 0.05) is 51.5 Å². The molecule has 2 aliphatic rings. The summed E-state index contributed by atoms with van der Waals surface area (Å²) in [5.74, 6) is 0.